The SMILES string of the molecule is CCN(CCN(C)C)c1cccc(N)c1. The number of hydrogen-bond donors (Lipinski definition) is 1. The van der Waals surface area contributed by atoms with Gasteiger partial charge in [-0.2, -0.15) is 0 Å². The zero-order valence-electron chi connectivity index (χ0n) is 9.90. The van der Waals surface area contributed by atoms with Crippen molar-refractivity contribution < 1.29 is 0 Å². The van der Waals surface area contributed by atoms with Crippen molar-refractivity contribution in [3.8, 4) is 0 Å². The monoisotopic (exact) mass is 207 g/mol. The summed E-state index contributed by atoms with van der Waals surface area (Å²) < 4.78 is 0. The van der Waals surface area contributed by atoms with Gasteiger partial charge in [0.25, 0.3) is 0 Å². The van der Waals surface area contributed by atoms with Gasteiger partial charge >= 0.3 is 0 Å². The van der Waals surface area contributed by atoms with Crippen LogP contribution in [0.15, 0.2) is 24.3 Å². The summed E-state index contributed by atoms with van der Waals surface area (Å²) in [4.78, 5) is 4.52. The van der Waals surface area contributed by atoms with Gasteiger partial charge in [-0.25, -0.2) is 0 Å². The number of anilines is 2. The van der Waals surface area contributed by atoms with Crippen LogP contribution < -0.4 is 10.6 Å². The van der Waals surface area contributed by atoms with E-state index in [-0.39, 0.29) is 0 Å². The molecule has 0 heterocycles. The van der Waals surface area contributed by atoms with Crippen molar-refractivity contribution >= 4 is 11.4 Å². The van der Waals surface area contributed by atoms with E-state index in [0.29, 0.717) is 0 Å². The second-order valence-corrected chi connectivity index (χ2v) is 3.98. The molecule has 0 fully saturated rings. The maximum Gasteiger partial charge on any atom is 0.0387 e. The Kier molecular flexibility index (Phi) is 4.43. The molecule has 1 rings (SSSR count). The molecule has 1 aromatic carbocycles. The Bertz CT molecular complexity index is 297. The van der Waals surface area contributed by atoms with E-state index in [1.807, 2.05) is 18.2 Å². The summed E-state index contributed by atoms with van der Waals surface area (Å²) in [6.07, 6.45) is 0. The maximum atomic E-state index is 5.77. The number of rotatable bonds is 5. The van der Waals surface area contributed by atoms with Crippen molar-refractivity contribution in [1.82, 2.24) is 4.90 Å². The lowest BCUT2D eigenvalue weighted by Gasteiger charge is -2.25. The molecule has 0 aliphatic rings. The number of benzene rings is 1. The third-order valence-corrected chi connectivity index (χ3v) is 2.43. The third kappa shape index (κ3) is 3.80. The second kappa shape index (κ2) is 5.61. The first kappa shape index (κ1) is 11.9. The normalized spacial score (nSPS) is 10.7. The van der Waals surface area contributed by atoms with Crippen LogP contribution in [0.4, 0.5) is 11.4 Å². The van der Waals surface area contributed by atoms with E-state index in [1.165, 1.54) is 5.69 Å². The standard InChI is InChI=1S/C12H21N3/c1-4-15(9-8-14(2)3)12-7-5-6-11(13)10-12/h5-7,10H,4,8-9,13H2,1-3H3. The Balaban J connectivity index is 2.65. The number of likely N-dealkylation sites (N-methyl/N-ethyl adjacent to an activating group) is 2. The van der Waals surface area contributed by atoms with Crippen molar-refractivity contribution in [2.75, 3.05) is 44.4 Å². The van der Waals surface area contributed by atoms with E-state index >= 15 is 0 Å². The topological polar surface area (TPSA) is 32.5 Å². The number of hydrogen-bond acceptors (Lipinski definition) is 3. The summed E-state index contributed by atoms with van der Waals surface area (Å²) in [6, 6.07) is 8.06. The molecule has 0 radical (unpaired) electrons. The largest absolute Gasteiger partial charge is 0.399 e. The molecular formula is C12H21N3. The summed E-state index contributed by atoms with van der Waals surface area (Å²) in [5.41, 5.74) is 7.81. The number of nitrogen functional groups attached to an aromatic ring is 1. The zero-order chi connectivity index (χ0) is 11.3. The van der Waals surface area contributed by atoms with Gasteiger partial charge in [0.15, 0.2) is 0 Å². The van der Waals surface area contributed by atoms with Gasteiger partial charge < -0.3 is 15.5 Å². The molecule has 0 aromatic heterocycles. The van der Waals surface area contributed by atoms with Crippen LogP contribution in [0.3, 0.4) is 0 Å². The van der Waals surface area contributed by atoms with Crippen LogP contribution in [-0.2, 0) is 0 Å². The van der Waals surface area contributed by atoms with Crippen LogP contribution in [0.5, 0.6) is 0 Å². The Morgan fingerprint density at radius 3 is 2.47 bits per heavy atom. The van der Waals surface area contributed by atoms with Gasteiger partial charge in [-0.1, -0.05) is 6.07 Å². The molecule has 0 aliphatic carbocycles. The second-order valence-electron chi connectivity index (χ2n) is 3.98. The minimum Gasteiger partial charge on any atom is -0.399 e. The molecule has 3 nitrogen and oxygen atoms in total. The Hall–Kier alpha value is -1.22. The van der Waals surface area contributed by atoms with Crippen LogP contribution in [0.25, 0.3) is 0 Å². The van der Waals surface area contributed by atoms with E-state index in [0.717, 1.165) is 25.3 Å². The molecule has 84 valence electrons. The predicted molar refractivity (Wildman–Crippen MR) is 67.3 cm³/mol. The van der Waals surface area contributed by atoms with Crippen molar-refractivity contribution in [3.63, 3.8) is 0 Å². The smallest absolute Gasteiger partial charge is 0.0387 e. The van der Waals surface area contributed by atoms with Crippen LogP contribution in [0.1, 0.15) is 6.92 Å². The lowest BCUT2D eigenvalue weighted by Crippen LogP contribution is -2.31. The molecule has 3 heteroatoms. The highest BCUT2D eigenvalue weighted by atomic mass is 15.2. The average molecular weight is 207 g/mol. The molecule has 0 saturated heterocycles. The van der Waals surface area contributed by atoms with Crippen LogP contribution in [0, 0.1) is 0 Å². The molecule has 1 aromatic rings. The van der Waals surface area contributed by atoms with E-state index < -0.39 is 0 Å². The first-order valence-corrected chi connectivity index (χ1v) is 5.38. The molecule has 0 unspecified atom stereocenters. The molecule has 0 amide bonds. The maximum absolute atomic E-state index is 5.77. The minimum atomic E-state index is 0.829. The molecular weight excluding hydrogens is 186 g/mol. The molecule has 0 aliphatic heterocycles. The van der Waals surface area contributed by atoms with Gasteiger partial charge in [0.2, 0.25) is 0 Å². The van der Waals surface area contributed by atoms with Crippen molar-refractivity contribution in [2.45, 2.75) is 6.92 Å². The summed E-state index contributed by atoms with van der Waals surface area (Å²) in [5.74, 6) is 0. The molecule has 0 atom stereocenters. The minimum absolute atomic E-state index is 0.829. The lowest BCUT2D eigenvalue weighted by atomic mass is 10.2. The highest BCUT2D eigenvalue weighted by molar-refractivity contribution is 5.55. The highest BCUT2D eigenvalue weighted by Crippen LogP contribution is 2.16. The van der Waals surface area contributed by atoms with Gasteiger partial charge in [-0.05, 0) is 39.2 Å². The first-order chi connectivity index (χ1) is 7.13. The van der Waals surface area contributed by atoms with Crippen LogP contribution in [0.2, 0.25) is 0 Å². The average Bonchev–Trinajstić information content (AvgIpc) is 2.18. The van der Waals surface area contributed by atoms with Gasteiger partial charge in [-0.3, -0.25) is 0 Å². The summed E-state index contributed by atoms with van der Waals surface area (Å²) in [6.45, 7) is 5.27. The van der Waals surface area contributed by atoms with Crippen LogP contribution >= 0.6 is 0 Å². The fourth-order valence-corrected chi connectivity index (χ4v) is 1.51. The molecule has 0 spiro atoms. The first-order valence-electron chi connectivity index (χ1n) is 5.38. The summed E-state index contributed by atoms with van der Waals surface area (Å²) >= 11 is 0. The third-order valence-electron chi connectivity index (χ3n) is 2.43. The lowest BCUT2D eigenvalue weighted by molar-refractivity contribution is 0.414. The van der Waals surface area contributed by atoms with Gasteiger partial charge in [0.1, 0.15) is 0 Å². The van der Waals surface area contributed by atoms with E-state index in [2.05, 4.69) is 36.9 Å². The van der Waals surface area contributed by atoms with E-state index in [9.17, 15) is 0 Å². The predicted octanol–water partition coefficient (Wildman–Crippen LogP) is 1.66. The highest BCUT2D eigenvalue weighted by Gasteiger charge is 2.04. The van der Waals surface area contributed by atoms with E-state index in [1.54, 1.807) is 0 Å². The van der Waals surface area contributed by atoms with Gasteiger partial charge in [0, 0.05) is 31.0 Å². The quantitative estimate of drug-likeness (QED) is 0.745. The Morgan fingerprint density at radius 1 is 1.20 bits per heavy atom. The molecule has 2 N–H and O–H groups in total. The number of nitrogens with two attached hydrogens (primary N) is 1. The van der Waals surface area contributed by atoms with Crippen molar-refractivity contribution in [1.29, 1.82) is 0 Å². The van der Waals surface area contributed by atoms with Crippen molar-refractivity contribution in [3.05, 3.63) is 24.3 Å². The summed E-state index contributed by atoms with van der Waals surface area (Å²) in [7, 11) is 4.18. The molecule has 0 saturated carbocycles. The molecule has 15 heavy (non-hydrogen) atoms. The Labute approximate surface area is 92.5 Å². The molecule has 0 bridgehead atoms. The van der Waals surface area contributed by atoms with E-state index in [4.69, 9.17) is 5.73 Å². The van der Waals surface area contributed by atoms with Crippen LogP contribution in [-0.4, -0.2) is 38.6 Å². The van der Waals surface area contributed by atoms with Gasteiger partial charge in [0.05, 0.1) is 0 Å². The fourth-order valence-electron chi connectivity index (χ4n) is 1.51. The zero-order valence-corrected chi connectivity index (χ0v) is 9.90. The van der Waals surface area contributed by atoms with Gasteiger partial charge in [-0.15, -0.1) is 0 Å². The Morgan fingerprint density at radius 2 is 1.93 bits per heavy atom. The number of nitrogens with zero attached hydrogens (tertiary/aromatic N) is 2. The fraction of sp³-hybridized carbons (Fsp3) is 0.500. The van der Waals surface area contributed by atoms with Crippen molar-refractivity contribution in [2.24, 2.45) is 0 Å². The summed E-state index contributed by atoms with van der Waals surface area (Å²) in [5, 5.41) is 0.